The number of carbonyl (C=O) groups is 1. The van der Waals surface area contributed by atoms with Crippen LogP contribution in [0.5, 0.6) is 0 Å². The molecule has 29 heavy (non-hydrogen) atoms. The van der Waals surface area contributed by atoms with E-state index in [0.29, 0.717) is 0 Å². The van der Waals surface area contributed by atoms with E-state index in [9.17, 15) is 13.2 Å². The Morgan fingerprint density at radius 2 is 1.59 bits per heavy atom. The number of ether oxygens (including phenoxy) is 2. The van der Waals surface area contributed by atoms with Crippen LogP contribution in [0.4, 0.5) is 0 Å². The van der Waals surface area contributed by atoms with Crippen molar-refractivity contribution < 1.29 is 22.7 Å². The summed E-state index contributed by atoms with van der Waals surface area (Å²) < 4.78 is 39.0. The molecule has 3 rings (SSSR count). The fraction of sp³-hybridized carbons (Fsp3) is 0.318. The van der Waals surface area contributed by atoms with Gasteiger partial charge in [-0.05, 0) is 31.5 Å². The van der Waals surface area contributed by atoms with E-state index in [0.717, 1.165) is 5.56 Å². The highest BCUT2D eigenvalue weighted by Crippen LogP contribution is 2.39. The van der Waals surface area contributed by atoms with Gasteiger partial charge in [-0.3, -0.25) is 4.79 Å². The molecule has 0 saturated heterocycles. The van der Waals surface area contributed by atoms with Crippen molar-refractivity contribution >= 4 is 16.0 Å². The van der Waals surface area contributed by atoms with Crippen LogP contribution in [-0.4, -0.2) is 38.1 Å². The molecule has 0 bridgehead atoms. The van der Waals surface area contributed by atoms with Gasteiger partial charge in [-0.1, -0.05) is 54.6 Å². The molecule has 3 atom stereocenters. The van der Waals surface area contributed by atoms with Crippen molar-refractivity contribution in [2.24, 2.45) is 5.92 Å². The van der Waals surface area contributed by atoms with Gasteiger partial charge in [0, 0.05) is 18.7 Å². The largest absolute Gasteiger partial charge is 0.466 e. The zero-order valence-electron chi connectivity index (χ0n) is 16.5. The van der Waals surface area contributed by atoms with E-state index in [-0.39, 0.29) is 18.1 Å². The maximum absolute atomic E-state index is 13.3. The fourth-order valence-corrected chi connectivity index (χ4v) is 4.95. The number of nitrogens with zero attached hydrogens (tertiary/aromatic N) is 1. The molecule has 0 amide bonds. The number of esters is 1. The van der Waals surface area contributed by atoms with Crippen molar-refractivity contribution in [1.82, 2.24) is 4.31 Å². The molecule has 1 aliphatic rings. The highest BCUT2D eigenvalue weighted by atomic mass is 32.2. The minimum atomic E-state index is -3.87. The normalized spacial score (nSPS) is 21.7. The average Bonchev–Trinajstić information content (AvgIpc) is 2.75. The summed E-state index contributed by atoms with van der Waals surface area (Å²) in [5, 5.41) is 0. The number of hydrogen-bond acceptors (Lipinski definition) is 5. The van der Waals surface area contributed by atoms with Crippen molar-refractivity contribution in [1.29, 1.82) is 0 Å². The third-order valence-electron chi connectivity index (χ3n) is 4.78. The molecule has 1 heterocycles. The lowest BCUT2D eigenvalue weighted by atomic mass is 9.82. The number of benzene rings is 2. The van der Waals surface area contributed by atoms with E-state index in [2.05, 4.69) is 0 Å². The minimum absolute atomic E-state index is 0.163. The third-order valence-corrected chi connectivity index (χ3v) is 6.54. The molecule has 0 saturated carbocycles. The molecule has 2 aromatic rings. The summed E-state index contributed by atoms with van der Waals surface area (Å²) in [4.78, 5) is 12.8. The molecule has 7 heteroatoms. The number of rotatable bonds is 7. The first-order valence-electron chi connectivity index (χ1n) is 9.60. The van der Waals surface area contributed by atoms with Gasteiger partial charge in [0.25, 0.3) is 10.0 Å². The van der Waals surface area contributed by atoms with E-state index in [1.165, 1.54) is 10.5 Å². The van der Waals surface area contributed by atoms with E-state index in [1.807, 2.05) is 30.3 Å². The molecular weight excluding hydrogens is 390 g/mol. The Morgan fingerprint density at radius 3 is 2.17 bits per heavy atom. The van der Waals surface area contributed by atoms with Crippen molar-refractivity contribution in [2.45, 2.75) is 30.9 Å². The summed E-state index contributed by atoms with van der Waals surface area (Å²) in [6, 6.07) is 17.5. The summed E-state index contributed by atoms with van der Waals surface area (Å²) in [5.41, 5.74) is 0.807. The fourth-order valence-electron chi connectivity index (χ4n) is 3.51. The molecule has 0 spiro atoms. The van der Waals surface area contributed by atoms with Crippen LogP contribution in [0.2, 0.25) is 0 Å². The summed E-state index contributed by atoms with van der Waals surface area (Å²) in [7, 11) is -3.87. The maximum Gasteiger partial charge on any atom is 0.313 e. The monoisotopic (exact) mass is 415 g/mol. The van der Waals surface area contributed by atoms with Crippen LogP contribution in [0.25, 0.3) is 0 Å². The lowest BCUT2D eigenvalue weighted by Crippen LogP contribution is -2.48. The van der Waals surface area contributed by atoms with E-state index in [1.54, 1.807) is 50.3 Å². The zero-order chi connectivity index (χ0) is 20.9. The number of sulfonamides is 1. The Morgan fingerprint density at radius 1 is 0.966 bits per heavy atom. The highest BCUT2D eigenvalue weighted by molar-refractivity contribution is 7.89. The summed E-state index contributed by atoms with van der Waals surface area (Å²) in [6.45, 7) is 4.08. The molecule has 154 valence electrons. The lowest BCUT2D eigenvalue weighted by molar-refractivity contribution is -0.150. The van der Waals surface area contributed by atoms with Crippen molar-refractivity contribution in [3.05, 3.63) is 78.5 Å². The van der Waals surface area contributed by atoms with Gasteiger partial charge < -0.3 is 9.47 Å². The topological polar surface area (TPSA) is 72.9 Å². The third kappa shape index (κ3) is 4.36. The van der Waals surface area contributed by atoms with Crippen LogP contribution < -0.4 is 0 Å². The second-order valence-electron chi connectivity index (χ2n) is 6.55. The van der Waals surface area contributed by atoms with Gasteiger partial charge in [0.05, 0.1) is 17.4 Å². The SMILES string of the molecule is CCOC(=O)[C@H]1C=CN(S(=O)(=O)c2ccccc2)[C@@H](OCC)[C@H]1c1ccccc1. The highest BCUT2D eigenvalue weighted by Gasteiger charge is 2.44. The first-order valence-corrected chi connectivity index (χ1v) is 11.0. The van der Waals surface area contributed by atoms with Crippen molar-refractivity contribution in [3.63, 3.8) is 0 Å². The molecule has 0 unspecified atom stereocenters. The van der Waals surface area contributed by atoms with E-state index >= 15 is 0 Å². The Kier molecular flexibility index (Phi) is 6.71. The Bertz CT molecular complexity index is 944. The second-order valence-corrected chi connectivity index (χ2v) is 8.39. The van der Waals surface area contributed by atoms with Crippen LogP contribution >= 0.6 is 0 Å². The standard InChI is InChI=1S/C22H25NO5S/c1-3-27-21-20(17-11-7-5-8-12-17)19(22(24)28-4-2)15-16-23(21)29(25,26)18-13-9-6-10-14-18/h5-16,19-21H,3-4H2,1-2H3/t19-,20-,21-/m0/s1. The summed E-state index contributed by atoms with van der Waals surface area (Å²) in [5.74, 6) is -1.60. The van der Waals surface area contributed by atoms with E-state index in [4.69, 9.17) is 9.47 Å². The predicted octanol–water partition coefficient (Wildman–Crippen LogP) is 3.53. The van der Waals surface area contributed by atoms with Gasteiger partial charge in [0.15, 0.2) is 6.23 Å². The molecule has 6 nitrogen and oxygen atoms in total. The molecule has 0 fully saturated rings. The zero-order valence-corrected chi connectivity index (χ0v) is 17.3. The van der Waals surface area contributed by atoms with Gasteiger partial charge in [0.1, 0.15) is 0 Å². The van der Waals surface area contributed by atoms with Gasteiger partial charge in [0.2, 0.25) is 0 Å². The van der Waals surface area contributed by atoms with Gasteiger partial charge in [-0.15, -0.1) is 0 Å². The molecule has 2 aromatic carbocycles. The number of carbonyl (C=O) groups excluding carboxylic acids is 1. The maximum atomic E-state index is 13.3. The molecule has 0 aliphatic carbocycles. The smallest absolute Gasteiger partial charge is 0.313 e. The van der Waals surface area contributed by atoms with Crippen LogP contribution in [0.3, 0.4) is 0 Å². The summed E-state index contributed by atoms with van der Waals surface area (Å²) in [6.07, 6.45) is 2.13. The van der Waals surface area contributed by atoms with Crippen LogP contribution in [0.15, 0.2) is 77.8 Å². The molecule has 1 aliphatic heterocycles. The van der Waals surface area contributed by atoms with Gasteiger partial charge in [-0.2, -0.15) is 0 Å². The Labute approximate surface area is 171 Å². The van der Waals surface area contributed by atoms with Crippen LogP contribution in [0.1, 0.15) is 25.3 Å². The number of hydrogen-bond donors (Lipinski definition) is 0. The Hall–Kier alpha value is -2.64. The average molecular weight is 416 g/mol. The van der Waals surface area contributed by atoms with Crippen molar-refractivity contribution in [3.8, 4) is 0 Å². The van der Waals surface area contributed by atoms with Crippen molar-refractivity contribution in [2.75, 3.05) is 13.2 Å². The molecular formula is C22H25NO5S. The predicted molar refractivity (Wildman–Crippen MR) is 109 cm³/mol. The van der Waals surface area contributed by atoms with Crippen LogP contribution in [-0.2, 0) is 24.3 Å². The molecule has 0 aromatic heterocycles. The molecule has 0 N–H and O–H groups in total. The summed E-state index contributed by atoms with van der Waals surface area (Å²) >= 11 is 0. The lowest BCUT2D eigenvalue weighted by Gasteiger charge is -2.40. The Balaban J connectivity index is 2.11. The first-order chi connectivity index (χ1) is 14.0. The van der Waals surface area contributed by atoms with Gasteiger partial charge >= 0.3 is 5.97 Å². The quantitative estimate of drug-likeness (QED) is 0.647. The first kappa shape index (κ1) is 21.1. The minimum Gasteiger partial charge on any atom is -0.466 e. The van der Waals surface area contributed by atoms with Crippen LogP contribution in [0, 0.1) is 5.92 Å². The van der Waals surface area contributed by atoms with E-state index < -0.39 is 34.1 Å². The molecule has 0 radical (unpaired) electrons. The second kappa shape index (κ2) is 9.24. The van der Waals surface area contributed by atoms with Gasteiger partial charge in [-0.25, -0.2) is 12.7 Å².